The van der Waals surface area contributed by atoms with Crippen LogP contribution in [0.1, 0.15) is 22.8 Å². The van der Waals surface area contributed by atoms with E-state index in [2.05, 4.69) is 31.9 Å². The van der Waals surface area contributed by atoms with E-state index < -0.39 is 11.8 Å². The minimum Gasteiger partial charge on any atom is -0.325 e. The fourth-order valence-corrected chi connectivity index (χ4v) is 5.58. The van der Waals surface area contributed by atoms with E-state index in [1.54, 1.807) is 42.5 Å². The molecular formula is C37H30BrN3O3S. The Kier molecular flexibility index (Phi) is 10.6. The Bertz CT molecular complexity index is 1810. The lowest BCUT2D eigenvalue weighted by atomic mass is 10.0. The quantitative estimate of drug-likeness (QED) is 0.102. The predicted octanol–water partition coefficient (Wildman–Crippen LogP) is 8.65. The van der Waals surface area contributed by atoms with E-state index in [-0.39, 0.29) is 16.9 Å². The molecule has 8 heteroatoms. The number of carbonyl (C=O) groups is 3. The molecule has 3 amide bonds. The molecule has 224 valence electrons. The van der Waals surface area contributed by atoms with Gasteiger partial charge < -0.3 is 16.0 Å². The van der Waals surface area contributed by atoms with Crippen molar-refractivity contribution in [2.45, 2.75) is 17.1 Å². The highest BCUT2D eigenvalue weighted by Crippen LogP contribution is 2.27. The SMILES string of the molecule is CC(Sc1cccc(NC(=O)/C(=C\c2ccc(-c3ccccc3)cc2)NC(=O)c2ccccc2)c1)C(=O)Nc1ccc(Br)cc1. The Morgan fingerprint density at radius 3 is 2.02 bits per heavy atom. The van der Waals surface area contributed by atoms with Crippen LogP contribution >= 0.6 is 27.7 Å². The van der Waals surface area contributed by atoms with Crippen molar-refractivity contribution in [2.24, 2.45) is 0 Å². The summed E-state index contributed by atoms with van der Waals surface area (Å²) < 4.78 is 0.931. The van der Waals surface area contributed by atoms with Crippen molar-refractivity contribution >= 4 is 62.9 Å². The van der Waals surface area contributed by atoms with Gasteiger partial charge in [0.1, 0.15) is 5.70 Å². The second kappa shape index (κ2) is 15.2. The number of anilines is 2. The maximum atomic E-state index is 13.6. The van der Waals surface area contributed by atoms with E-state index in [1.807, 2.05) is 104 Å². The highest BCUT2D eigenvalue weighted by molar-refractivity contribution is 9.10. The molecule has 0 saturated carbocycles. The van der Waals surface area contributed by atoms with Gasteiger partial charge in [-0.25, -0.2) is 0 Å². The normalized spacial score (nSPS) is 11.7. The minimum absolute atomic E-state index is 0.0941. The number of halogens is 1. The Labute approximate surface area is 275 Å². The second-order valence-corrected chi connectivity index (χ2v) is 12.4. The molecule has 3 N–H and O–H groups in total. The van der Waals surface area contributed by atoms with Crippen molar-refractivity contribution in [3.8, 4) is 11.1 Å². The third-order valence-corrected chi connectivity index (χ3v) is 8.37. The van der Waals surface area contributed by atoms with Crippen LogP contribution in [0.25, 0.3) is 17.2 Å². The third-order valence-electron chi connectivity index (χ3n) is 6.74. The summed E-state index contributed by atoms with van der Waals surface area (Å²) >= 11 is 4.77. The van der Waals surface area contributed by atoms with E-state index in [0.29, 0.717) is 16.9 Å². The molecule has 0 radical (unpaired) electrons. The molecule has 0 aliphatic rings. The maximum Gasteiger partial charge on any atom is 0.272 e. The average Bonchev–Trinajstić information content (AvgIpc) is 3.06. The van der Waals surface area contributed by atoms with Crippen molar-refractivity contribution in [1.82, 2.24) is 5.32 Å². The molecule has 0 aliphatic carbocycles. The molecule has 0 bridgehead atoms. The molecule has 0 fully saturated rings. The zero-order valence-electron chi connectivity index (χ0n) is 24.4. The number of hydrogen-bond donors (Lipinski definition) is 3. The van der Waals surface area contributed by atoms with Gasteiger partial charge in [-0.05, 0) is 84.3 Å². The van der Waals surface area contributed by atoms with Crippen LogP contribution in [0.5, 0.6) is 0 Å². The number of amides is 3. The molecular weight excluding hydrogens is 646 g/mol. The Morgan fingerprint density at radius 2 is 1.33 bits per heavy atom. The molecule has 45 heavy (non-hydrogen) atoms. The Hall–Kier alpha value is -4.92. The summed E-state index contributed by atoms with van der Waals surface area (Å²) in [5.74, 6) is -1.01. The highest BCUT2D eigenvalue weighted by atomic mass is 79.9. The van der Waals surface area contributed by atoms with Crippen molar-refractivity contribution < 1.29 is 14.4 Å². The lowest BCUT2D eigenvalue weighted by molar-refractivity contribution is -0.115. The molecule has 0 aromatic heterocycles. The van der Waals surface area contributed by atoms with Gasteiger partial charge >= 0.3 is 0 Å². The summed E-state index contributed by atoms with van der Waals surface area (Å²) in [6.07, 6.45) is 1.65. The van der Waals surface area contributed by atoms with E-state index in [0.717, 1.165) is 26.1 Å². The summed E-state index contributed by atoms with van der Waals surface area (Å²) in [5, 5.41) is 8.22. The molecule has 5 rings (SSSR count). The third kappa shape index (κ3) is 9.04. The van der Waals surface area contributed by atoms with Crippen LogP contribution in [0.2, 0.25) is 0 Å². The number of rotatable bonds is 10. The first-order chi connectivity index (χ1) is 21.8. The summed E-state index contributed by atoms with van der Waals surface area (Å²) in [7, 11) is 0. The van der Waals surface area contributed by atoms with Crippen molar-refractivity contribution in [3.05, 3.63) is 155 Å². The van der Waals surface area contributed by atoms with Crippen LogP contribution in [0.3, 0.4) is 0 Å². The second-order valence-electron chi connectivity index (χ2n) is 10.1. The van der Waals surface area contributed by atoms with Crippen LogP contribution in [-0.2, 0) is 9.59 Å². The highest BCUT2D eigenvalue weighted by Gasteiger charge is 2.17. The molecule has 5 aromatic carbocycles. The van der Waals surface area contributed by atoms with Crippen LogP contribution in [-0.4, -0.2) is 23.0 Å². The number of nitrogens with one attached hydrogen (secondary N) is 3. The fraction of sp³-hybridized carbons (Fsp3) is 0.0541. The van der Waals surface area contributed by atoms with E-state index in [4.69, 9.17) is 0 Å². The smallest absolute Gasteiger partial charge is 0.272 e. The van der Waals surface area contributed by atoms with Crippen LogP contribution in [0.15, 0.2) is 149 Å². The van der Waals surface area contributed by atoms with Crippen LogP contribution < -0.4 is 16.0 Å². The first-order valence-electron chi connectivity index (χ1n) is 14.2. The molecule has 0 heterocycles. The van der Waals surface area contributed by atoms with Crippen molar-refractivity contribution in [1.29, 1.82) is 0 Å². The van der Waals surface area contributed by atoms with Crippen LogP contribution in [0, 0.1) is 0 Å². The maximum absolute atomic E-state index is 13.6. The summed E-state index contributed by atoms with van der Waals surface area (Å²) in [5.41, 5.74) is 4.65. The molecule has 1 atom stereocenters. The largest absolute Gasteiger partial charge is 0.325 e. The topological polar surface area (TPSA) is 87.3 Å². The first-order valence-corrected chi connectivity index (χ1v) is 15.9. The van der Waals surface area contributed by atoms with Gasteiger partial charge in [0.2, 0.25) is 5.91 Å². The minimum atomic E-state index is -0.477. The molecule has 0 saturated heterocycles. The first kappa shape index (κ1) is 31.5. The molecule has 5 aromatic rings. The lowest BCUT2D eigenvalue weighted by Gasteiger charge is -2.14. The number of benzene rings is 5. The lowest BCUT2D eigenvalue weighted by Crippen LogP contribution is -2.30. The zero-order chi connectivity index (χ0) is 31.6. The summed E-state index contributed by atoms with van der Waals surface area (Å²) in [4.78, 5) is 40.2. The standard InChI is InChI=1S/C37H30BrN3O3S/c1-25(35(42)39-31-21-19-30(38)20-22-31)45-33-14-8-13-32(24-33)40-37(44)34(41-36(43)29-11-6-3-7-12-29)23-26-15-17-28(18-16-26)27-9-4-2-5-10-27/h2-25H,1H3,(H,39,42)(H,40,44)(H,41,43)/b34-23+. The number of hydrogen-bond acceptors (Lipinski definition) is 4. The molecule has 0 spiro atoms. The van der Waals surface area contributed by atoms with E-state index >= 15 is 0 Å². The zero-order valence-corrected chi connectivity index (χ0v) is 26.8. The Morgan fingerprint density at radius 1 is 0.689 bits per heavy atom. The number of thioether (sulfide) groups is 1. The van der Waals surface area contributed by atoms with Gasteiger partial charge in [0.15, 0.2) is 0 Å². The van der Waals surface area contributed by atoms with Crippen LogP contribution in [0.4, 0.5) is 11.4 Å². The molecule has 1 unspecified atom stereocenters. The molecule has 0 aliphatic heterocycles. The predicted molar refractivity (Wildman–Crippen MR) is 187 cm³/mol. The van der Waals surface area contributed by atoms with Gasteiger partial charge in [-0.15, -0.1) is 11.8 Å². The monoisotopic (exact) mass is 675 g/mol. The van der Waals surface area contributed by atoms with Gasteiger partial charge in [-0.2, -0.15) is 0 Å². The Balaban J connectivity index is 1.31. The van der Waals surface area contributed by atoms with Crippen molar-refractivity contribution in [3.63, 3.8) is 0 Å². The van der Waals surface area contributed by atoms with E-state index in [1.165, 1.54) is 11.8 Å². The van der Waals surface area contributed by atoms with E-state index in [9.17, 15) is 14.4 Å². The average molecular weight is 677 g/mol. The van der Waals surface area contributed by atoms with Gasteiger partial charge in [0.25, 0.3) is 11.8 Å². The molecule has 6 nitrogen and oxygen atoms in total. The summed E-state index contributed by atoms with van der Waals surface area (Å²) in [6.45, 7) is 1.83. The fourth-order valence-electron chi connectivity index (χ4n) is 4.39. The van der Waals surface area contributed by atoms with Gasteiger partial charge in [0, 0.05) is 26.3 Å². The van der Waals surface area contributed by atoms with Gasteiger partial charge in [-0.3, -0.25) is 14.4 Å². The van der Waals surface area contributed by atoms with Gasteiger partial charge in [-0.1, -0.05) is 94.8 Å². The van der Waals surface area contributed by atoms with Crippen molar-refractivity contribution in [2.75, 3.05) is 10.6 Å². The number of carbonyl (C=O) groups excluding carboxylic acids is 3. The van der Waals surface area contributed by atoms with Gasteiger partial charge in [0.05, 0.1) is 5.25 Å². The summed E-state index contributed by atoms with van der Waals surface area (Å²) in [6, 6.07) is 41.2.